The van der Waals surface area contributed by atoms with Gasteiger partial charge in [0.05, 0.1) is 18.4 Å². The van der Waals surface area contributed by atoms with Crippen LogP contribution in [0.5, 0.6) is 11.5 Å². The fourth-order valence-corrected chi connectivity index (χ4v) is 3.90. The molecule has 0 radical (unpaired) electrons. The molecule has 0 aliphatic carbocycles. The summed E-state index contributed by atoms with van der Waals surface area (Å²) in [5.74, 6) is 1.11. The van der Waals surface area contributed by atoms with Crippen molar-refractivity contribution in [2.24, 2.45) is 0 Å². The Bertz CT molecular complexity index is 945. The molecule has 0 saturated carbocycles. The molecule has 0 atom stereocenters. The van der Waals surface area contributed by atoms with Crippen molar-refractivity contribution in [2.45, 2.75) is 19.9 Å². The smallest absolute Gasteiger partial charge is 0.175 e. The molecule has 28 heavy (non-hydrogen) atoms. The number of benzene rings is 2. The van der Waals surface area contributed by atoms with E-state index in [-0.39, 0.29) is 5.75 Å². The van der Waals surface area contributed by atoms with E-state index >= 15 is 0 Å². The Morgan fingerprint density at radius 3 is 2.57 bits per heavy atom. The van der Waals surface area contributed by atoms with Crippen molar-refractivity contribution in [1.29, 1.82) is 0 Å². The number of nitrogens with zero attached hydrogens (tertiary/aromatic N) is 3. The summed E-state index contributed by atoms with van der Waals surface area (Å²) in [6.07, 6.45) is 0.621. The van der Waals surface area contributed by atoms with E-state index in [0.29, 0.717) is 18.5 Å². The first kappa shape index (κ1) is 18.8. The van der Waals surface area contributed by atoms with E-state index < -0.39 is 0 Å². The molecular formula is C22H27N3O3. The standard InChI is InChI=1S/C22H27N3O3/c1-3-24-10-12-25(13-11-24)15-18-20(26)9-8-17-19(23-28-22(17)18)14-16-6-4-5-7-21(16)27-2/h4-9,26H,3,10-15H2,1-2H3. The third kappa shape index (κ3) is 3.70. The Morgan fingerprint density at radius 1 is 1.07 bits per heavy atom. The van der Waals surface area contributed by atoms with Crippen molar-refractivity contribution in [1.82, 2.24) is 15.0 Å². The lowest BCUT2D eigenvalue weighted by Crippen LogP contribution is -2.45. The van der Waals surface area contributed by atoms with Crippen LogP contribution in [0, 0.1) is 0 Å². The molecule has 3 aromatic rings. The van der Waals surface area contributed by atoms with Gasteiger partial charge in [0.2, 0.25) is 0 Å². The van der Waals surface area contributed by atoms with Crippen LogP contribution in [-0.4, -0.2) is 59.9 Å². The van der Waals surface area contributed by atoms with Gasteiger partial charge in [0.15, 0.2) is 5.58 Å². The molecule has 1 aliphatic heterocycles. The molecule has 6 heteroatoms. The zero-order chi connectivity index (χ0) is 19.5. The first-order valence-corrected chi connectivity index (χ1v) is 9.85. The lowest BCUT2D eigenvalue weighted by atomic mass is 10.0. The number of piperazine rings is 1. The van der Waals surface area contributed by atoms with Crippen LogP contribution in [0.15, 0.2) is 40.9 Å². The van der Waals surface area contributed by atoms with Crippen LogP contribution >= 0.6 is 0 Å². The number of hydrogen-bond donors (Lipinski definition) is 1. The molecule has 1 aliphatic rings. The van der Waals surface area contributed by atoms with Gasteiger partial charge in [-0.15, -0.1) is 0 Å². The normalized spacial score (nSPS) is 15.9. The Kier molecular flexibility index (Phi) is 5.50. The van der Waals surface area contributed by atoms with Crippen LogP contribution in [0.25, 0.3) is 11.0 Å². The Balaban J connectivity index is 1.60. The minimum Gasteiger partial charge on any atom is -0.507 e. The zero-order valence-corrected chi connectivity index (χ0v) is 16.5. The molecule has 0 amide bonds. The van der Waals surface area contributed by atoms with E-state index in [1.807, 2.05) is 30.3 Å². The number of para-hydroxylation sites is 1. The van der Waals surface area contributed by atoms with Crippen LogP contribution in [-0.2, 0) is 13.0 Å². The summed E-state index contributed by atoms with van der Waals surface area (Å²) in [6.45, 7) is 8.05. The maximum absolute atomic E-state index is 10.5. The number of hydrogen-bond acceptors (Lipinski definition) is 6. The zero-order valence-electron chi connectivity index (χ0n) is 16.5. The SMILES string of the molecule is CCN1CCN(Cc2c(O)ccc3c(Cc4ccccc4OC)noc23)CC1. The Labute approximate surface area is 165 Å². The van der Waals surface area contributed by atoms with Crippen molar-refractivity contribution >= 4 is 11.0 Å². The quantitative estimate of drug-likeness (QED) is 0.707. The van der Waals surface area contributed by atoms with Crippen molar-refractivity contribution in [3.05, 3.63) is 53.2 Å². The van der Waals surface area contributed by atoms with Gasteiger partial charge in [-0.1, -0.05) is 30.3 Å². The van der Waals surface area contributed by atoms with E-state index in [2.05, 4.69) is 21.9 Å². The van der Waals surface area contributed by atoms with Gasteiger partial charge in [-0.2, -0.15) is 0 Å². The second-order valence-corrected chi connectivity index (χ2v) is 7.27. The average molecular weight is 381 g/mol. The molecule has 0 spiro atoms. The van der Waals surface area contributed by atoms with Crippen molar-refractivity contribution in [3.63, 3.8) is 0 Å². The Morgan fingerprint density at radius 2 is 1.82 bits per heavy atom. The van der Waals surface area contributed by atoms with Gasteiger partial charge in [0.1, 0.15) is 11.5 Å². The first-order valence-electron chi connectivity index (χ1n) is 9.85. The van der Waals surface area contributed by atoms with Gasteiger partial charge in [-0.25, -0.2) is 0 Å². The van der Waals surface area contributed by atoms with E-state index in [9.17, 15) is 5.11 Å². The molecule has 6 nitrogen and oxygen atoms in total. The second-order valence-electron chi connectivity index (χ2n) is 7.27. The number of fused-ring (bicyclic) bond motifs is 1. The number of rotatable bonds is 6. The van der Waals surface area contributed by atoms with Crippen LogP contribution < -0.4 is 4.74 Å². The third-order valence-electron chi connectivity index (χ3n) is 5.64. The molecule has 1 aromatic heterocycles. The maximum atomic E-state index is 10.5. The van der Waals surface area contributed by atoms with Gasteiger partial charge < -0.3 is 19.3 Å². The lowest BCUT2D eigenvalue weighted by molar-refractivity contribution is 0.131. The molecule has 1 saturated heterocycles. The molecule has 1 N–H and O–H groups in total. The number of phenolic OH excluding ortho intramolecular Hbond substituents is 1. The van der Waals surface area contributed by atoms with E-state index in [4.69, 9.17) is 9.26 Å². The van der Waals surface area contributed by atoms with Crippen LogP contribution in [0.3, 0.4) is 0 Å². The predicted molar refractivity (Wildman–Crippen MR) is 109 cm³/mol. The number of ether oxygens (including phenoxy) is 1. The minimum absolute atomic E-state index is 0.269. The molecule has 4 rings (SSSR count). The summed E-state index contributed by atoms with van der Waals surface area (Å²) in [4.78, 5) is 4.81. The third-order valence-corrected chi connectivity index (χ3v) is 5.64. The number of phenols is 1. The Hall–Kier alpha value is -2.57. The minimum atomic E-state index is 0.269. The summed E-state index contributed by atoms with van der Waals surface area (Å²) in [5.41, 5.74) is 3.42. The molecule has 0 unspecified atom stereocenters. The molecule has 2 heterocycles. The van der Waals surface area contributed by atoms with E-state index in [1.54, 1.807) is 13.2 Å². The van der Waals surface area contributed by atoms with Crippen LogP contribution in [0.1, 0.15) is 23.7 Å². The number of likely N-dealkylation sites (N-methyl/N-ethyl adjacent to an activating group) is 1. The molecule has 1 fully saturated rings. The fourth-order valence-electron chi connectivity index (χ4n) is 3.90. The molecular weight excluding hydrogens is 354 g/mol. The highest BCUT2D eigenvalue weighted by atomic mass is 16.5. The van der Waals surface area contributed by atoms with Gasteiger partial charge in [-0.05, 0) is 24.7 Å². The average Bonchev–Trinajstić information content (AvgIpc) is 3.14. The summed E-state index contributed by atoms with van der Waals surface area (Å²) in [7, 11) is 1.67. The number of aromatic hydroxyl groups is 1. The summed E-state index contributed by atoms with van der Waals surface area (Å²) >= 11 is 0. The number of aromatic nitrogens is 1. The maximum Gasteiger partial charge on any atom is 0.175 e. The van der Waals surface area contributed by atoms with Crippen LogP contribution in [0.4, 0.5) is 0 Å². The molecule has 148 valence electrons. The molecule has 2 aromatic carbocycles. The lowest BCUT2D eigenvalue weighted by Gasteiger charge is -2.34. The molecule has 0 bridgehead atoms. The number of methoxy groups -OCH3 is 1. The summed E-state index contributed by atoms with van der Waals surface area (Å²) in [6, 6.07) is 11.6. The highest BCUT2D eigenvalue weighted by molar-refractivity contribution is 5.84. The van der Waals surface area contributed by atoms with Gasteiger partial charge in [0, 0.05) is 50.1 Å². The highest BCUT2D eigenvalue weighted by Gasteiger charge is 2.21. The monoisotopic (exact) mass is 381 g/mol. The summed E-state index contributed by atoms with van der Waals surface area (Å²) in [5, 5.41) is 15.7. The van der Waals surface area contributed by atoms with E-state index in [0.717, 1.165) is 60.7 Å². The first-order chi connectivity index (χ1) is 13.7. The van der Waals surface area contributed by atoms with E-state index in [1.165, 1.54) is 0 Å². The van der Waals surface area contributed by atoms with Gasteiger partial charge >= 0.3 is 0 Å². The predicted octanol–water partition coefficient (Wildman–Crippen LogP) is 3.27. The van der Waals surface area contributed by atoms with Crippen molar-refractivity contribution in [3.8, 4) is 11.5 Å². The fraction of sp³-hybridized carbons (Fsp3) is 0.409. The van der Waals surface area contributed by atoms with Crippen molar-refractivity contribution in [2.75, 3.05) is 39.8 Å². The second kappa shape index (κ2) is 8.20. The van der Waals surface area contributed by atoms with Gasteiger partial charge in [0.25, 0.3) is 0 Å². The van der Waals surface area contributed by atoms with Crippen LogP contribution in [0.2, 0.25) is 0 Å². The van der Waals surface area contributed by atoms with Gasteiger partial charge in [-0.3, -0.25) is 4.90 Å². The topological polar surface area (TPSA) is 62.0 Å². The summed E-state index contributed by atoms with van der Waals surface area (Å²) < 4.78 is 11.2. The largest absolute Gasteiger partial charge is 0.507 e. The highest BCUT2D eigenvalue weighted by Crippen LogP contribution is 2.32. The van der Waals surface area contributed by atoms with Crippen molar-refractivity contribution < 1.29 is 14.4 Å².